The summed E-state index contributed by atoms with van der Waals surface area (Å²) in [6.45, 7) is 6.25. The van der Waals surface area contributed by atoms with Gasteiger partial charge in [0.15, 0.2) is 0 Å². The Bertz CT molecular complexity index is 257. The van der Waals surface area contributed by atoms with Gasteiger partial charge in [-0.3, -0.25) is 0 Å². The molecule has 1 aromatic rings. The number of furan rings is 1. The van der Waals surface area contributed by atoms with Crippen molar-refractivity contribution >= 4 is 0 Å². The summed E-state index contributed by atoms with van der Waals surface area (Å²) in [7, 11) is 2.09. The summed E-state index contributed by atoms with van der Waals surface area (Å²) in [6.07, 6.45) is 4.57. The van der Waals surface area contributed by atoms with Gasteiger partial charge in [-0.2, -0.15) is 0 Å². The second kappa shape index (κ2) is 5.93. The predicted molar refractivity (Wildman–Crippen MR) is 62.5 cm³/mol. The molecule has 0 aromatic carbocycles. The third kappa shape index (κ3) is 5.00. The van der Waals surface area contributed by atoms with Crippen LogP contribution in [0.2, 0.25) is 0 Å². The third-order valence-corrected chi connectivity index (χ3v) is 2.35. The first-order chi connectivity index (χ1) is 7.08. The Balaban J connectivity index is 2.26. The topological polar surface area (TPSA) is 42.4 Å². The molecule has 3 heteroatoms. The highest BCUT2D eigenvalue weighted by molar-refractivity contribution is 5.04. The molecule has 86 valence electrons. The second-order valence-corrected chi connectivity index (χ2v) is 4.72. The van der Waals surface area contributed by atoms with Crippen molar-refractivity contribution in [3.63, 3.8) is 0 Å². The minimum Gasteiger partial charge on any atom is -0.472 e. The Hall–Kier alpha value is -0.800. The molecule has 0 aliphatic carbocycles. The van der Waals surface area contributed by atoms with Crippen molar-refractivity contribution in [1.29, 1.82) is 0 Å². The van der Waals surface area contributed by atoms with Crippen LogP contribution in [-0.2, 0) is 6.54 Å². The van der Waals surface area contributed by atoms with Crippen molar-refractivity contribution in [2.75, 3.05) is 13.6 Å². The number of hydrogen-bond donors (Lipinski definition) is 1. The molecule has 0 bridgehead atoms. The van der Waals surface area contributed by atoms with Crippen LogP contribution in [0.3, 0.4) is 0 Å². The molecule has 15 heavy (non-hydrogen) atoms. The van der Waals surface area contributed by atoms with Crippen molar-refractivity contribution in [2.24, 2.45) is 11.7 Å². The summed E-state index contributed by atoms with van der Waals surface area (Å²) in [5, 5.41) is 0. The smallest absolute Gasteiger partial charge is 0.0947 e. The zero-order valence-electron chi connectivity index (χ0n) is 9.94. The van der Waals surface area contributed by atoms with Gasteiger partial charge in [0.05, 0.1) is 12.5 Å². The van der Waals surface area contributed by atoms with Gasteiger partial charge in [0.2, 0.25) is 0 Å². The minimum absolute atomic E-state index is 0.266. The van der Waals surface area contributed by atoms with E-state index in [0.29, 0.717) is 5.92 Å². The van der Waals surface area contributed by atoms with E-state index in [4.69, 9.17) is 10.2 Å². The van der Waals surface area contributed by atoms with Crippen LogP contribution < -0.4 is 5.73 Å². The van der Waals surface area contributed by atoms with Crippen LogP contribution in [0.1, 0.15) is 25.8 Å². The summed E-state index contributed by atoms with van der Waals surface area (Å²) in [5.41, 5.74) is 7.24. The van der Waals surface area contributed by atoms with Gasteiger partial charge in [0.25, 0.3) is 0 Å². The van der Waals surface area contributed by atoms with E-state index in [1.807, 2.05) is 6.07 Å². The number of rotatable bonds is 6. The lowest BCUT2D eigenvalue weighted by molar-refractivity contribution is 0.286. The van der Waals surface area contributed by atoms with Crippen molar-refractivity contribution in [3.05, 3.63) is 24.2 Å². The first-order valence-electron chi connectivity index (χ1n) is 5.53. The number of hydrogen-bond acceptors (Lipinski definition) is 3. The Morgan fingerprint density at radius 1 is 1.47 bits per heavy atom. The van der Waals surface area contributed by atoms with Crippen LogP contribution in [0.15, 0.2) is 23.0 Å². The fraction of sp³-hybridized carbons (Fsp3) is 0.667. The predicted octanol–water partition coefficient (Wildman–Crippen LogP) is 2.08. The molecule has 0 fully saturated rings. The molecule has 0 amide bonds. The van der Waals surface area contributed by atoms with E-state index in [2.05, 4.69) is 25.8 Å². The van der Waals surface area contributed by atoms with Gasteiger partial charge in [0, 0.05) is 24.7 Å². The van der Waals surface area contributed by atoms with Gasteiger partial charge in [-0.25, -0.2) is 0 Å². The SMILES string of the molecule is CC(C)CC(N)CN(C)Cc1ccoc1. The van der Waals surface area contributed by atoms with Crippen LogP contribution in [0.5, 0.6) is 0 Å². The van der Waals surface area contributed by atoms with Crippen molar-refractivity contribution in [1.82, 2.24) is 4.90 Å². The van der Waals surface area contributed by atoms with Gasteiger partial charge < -0.3 is 15.1 Å². The Labute approximate surface area is 92.2 Å². The second-order valence-electron chi connectivity index (χ2n) is 4.72. The maximum Gasteiger partial charge on any atom is 0.0947 e. The molecule has 0 radical (unpaired) electrons. The van der Waals surface area contributed by atoms with E-state index in [1.54, 1.807) is 12.5 Å². The average Bonchev–Trinajstić information content (AvgIpc) is 2.53. The molecule has 1 unspecified atom stereocenters. The maximum absolute atomic E-state index is 6.04. The van der Waals surface area contributed by atoms with Crippen LogP contribution in [-0.4, -0.2) is 24.5 Å². The molecule has 0 aliphatic heterocycles. The lowest BCUT2D eigenvalue weighted by Crippen LogP contribution is -2.35. The number of nitrogens with two attached hydrogens (primary N) is 1. The molecule has 0 aliphatic rings. The number of likely N-dealkylation sites (N-methyl/N-ethyl adjacent to an activating group) is 1. The highest BCUT2D eigenvalue weighted by Crippen LogP contribution is 2.07. The largest absolute Gasteiger partial charge is 0.472 e. The van der Waals surface area contributed by atoms with Gasteiger partial charge in [-0.15, -0.1) is 0 Å². The van der Waals surface area contributed by atoms with E-state index in [0.717, 1.165) is 19.5 Å². The van der Waals surface area contributed by atoms with E-state index < -0.39 is 0 Å². The molecular formula is C12H22N2O. The summed E-state index contributed by atoms with van der Waals surface area (Å²) < 4.78 is 5.03. The molecule has 3 nitrogen and oxygen atoms in total. The fourth-order valence-corrected chi connectivity index (χ4v) is 1.84. The van der Waals surface area contributed by atoms with Crippen molar-refractivity contribution in [2.45, 2.75) is 32.9 Å². The molecule has 0 saturated carbocycles. The maximum atomic E-state index is 6.04. The molecule has 2 N–H and O–H groups in total. The molecule has 0 spiro atoms. The van der Waals surface area contributed by atoms with Gasteiger partial charge >= 0.3 is 0 Å². The van der Waals surface area contributed by atoms with E-state index in [1.165, 1.54) is 5.56 Å². The highest BCUT2D eigenvalue weighted by atomic mass is 16.3. The van der Waals surface area contributed by atoms with E-state index in [-0.39, 0.29) is 6.04 Å². The highest BCUT2D eigenvalue weighted by Gasteiger charge is 2.09. The Morgan fingerprint density at radius 2 is 2.20 bits per heavy atom. The first-order valence-corrected chi connectivity index (χ1v) is 5.53. The van der Waals surface area contributed by atoms with Crippen molar-refractivity contribution < 1.29 is 4.42 Å². The zero-order chi connectivity index (χ0) is 11.3. The van der Waals surface area contributed by atoms with Crippen LogP contribution >= 0.6 is 0 Å². The zero-order valence-corrected chi connectivity index (χ0v) is 9.94. The van der Waals surface area contributed by atoms with Gasteiger partial charge in [-0.05, 0) is 25.5 Å². The lowest BCUT2D eigenvalue weighted by atomic mass is 10.0. The molecule has 1 heterocycles. The molecule has 1 atom stereocenters. The van der Waals surface area contributed by atoms with Gasteiger partial charge in [-0.1, -0.05) is 13.8 Å². The molecular weight excluding hydrogens is 188 g/mol. The average molecular weight is 210 g/mol. The summed E-state index contributed by atoms with van der Waals surface area (Å²) in [6, 6.07) is 2.26. The van der Waals surface area contributed by atoms with E-state index >= 15 is 0 Å². The normalized spacial score (nSPS) is 13.7. The summed E-state index contributed by atoms with van der Waals surface area (Å²) in [4.78, 5) is 2.23. The monoisotopic (exact) mass is 210 g/mol. The standard InChI is InChI=1S/C12H22N2O/c1-10(2)6-12(13)8-14(3)7-11-4-5-15-9-11/h4-5,9-10,12H,6-8,13H2,1-3H3. The fourth-order valence-electron chi connectivity index (χ4n) is 1.84. The Morgan fingerprint density at radius 3 is 2.73 bits per heavy atom. The summed E-state index contributed by atoms with van der Waals surface area (Å²) >= 11 is 0. The van der Waals surface area contributed by atoms with E-state index in [9.17, 15) is 0 Å². The first kappa shape index (κ1) is 12.3. The van der Waals surface area contributed by atoms with Crippen LogP contribution in [0.4, 0.5) is 0 Å². The number of nitrogens with zero attached hydrogens (tertiary/aromatic N) is 1. The van der Waals surface area contributed by atoms with Crippen LogP contribution in [0, 0.1) is 5.92 Å². The quantitative estimate of drug-likeness (QED) is 0.781. The lowest BCUT2D eigenvalue weighted by Gasteiger charge is -2.21. The molecule has 1 rings (SSSR count). The van der Waals surface area contributed by atoms with Crippen molar-refractivity contribution in [3.8, 4) is 0 Å². The van der Waals surface area contributed by atoms with Gasteiger partial charge in [0.1, 0.15) is 0 Å². The molecule has 1 aromatic heterocycles. The summed E-state index contributed by atoms with van der Waals surface area (Å²) in [5.74, 6) is 0.669. The van der Waals surface area contributed by atoms with Crippen LogP contribution in [0.25, 0.3) is 0 Å². The molecule has 0 saturated heterocycles. The Kier molecular flexibility index (Phi) is 4.85. The third-order valence-electron chi connectivity index (χ3n) is 2.35. The minimum atomic E-state index is 0.266.